The van der Waals surface area contributed by atoms with Gasteiger partial charge in [-0.2, -0.15) is 0 Å². The molecule has 5 heteroatoms. The summed E-state index contributed by atoms with van der Waals surface area (Å²) in [5.41, 5.74) is 5.20. The van der Waals surface area contributed by atoms with Gasteiger partial charge in [-0.1, -0.05) is 31.4 Å². The van der Waals surface area contributed by atoms with E-state index in [0.717, 1.165) is 27.9 Å². The van der Waals surface area contributed by atoms with Gasteiger partial charge in [0, 0.05) is 35.1 Å². The number of hydrogen-bond donors (Lipinski definition) is 2. The average molecular weight is 392 g/mol. The van der Waals surface area contributed by atoms with E-state index < -0.39 is 0 Å². The standard InChI is InChI=1S/C24H29N3O2/c1-15-9-10-18-13-19(23(28)26-22(18)11-15)14-25-24(29)21-12-16(2)27(17(21)3)20-7-5-4-6-8-20/h9-13,20H,4-8,14H2,1-3H3,(H,25,29)(H,26,28). The van der Waals surface area contributed by atoms with Gasteiger partial charge in [-0.3, -0.25) is 9.59 Å². The number of hydrogen-bond acceptors (Lipinski definition) is 2. The van der Waals surface area contributed by atoms with Crippen LogP contribution in [0.25, 0.3) is 10.9 Å². The Labute approximate surface area is 171 Å². The van der Waals surface area contributed by atoms with Gasteiger partial charge in [-0.05, 0) is 62.8 Å². The normalized spacial score (nSPS) is 15.0. The van der Waals surface area contributed by atoms with E-state index in [1.807, 2.05) is 44.2 Å². The van der Waals surface area contributed by atoms with Gasteiger partial charge < -0.3 is 14.9 Å². The monoisotopic (exact) mass is 391 g/mol. The highest BCUT2D eigenvalue weighted by molar-refractivity contribution is 5.95. The number of aromatic nitrogens is 2. The van der Waals surface area contributed by atoms with Crippen molar-refractivity contribution in [3.05, 3.63) is 68.8 Å². The maximum absolute atomic E-state index is 12.9. The number of H-pyrrole nitrogens is 1. The summed E-state index contributed by atoms with van der Waals surface area (Å²) < 4.78 is 2.33. The first-order valence-corrected chi connectivity index (χ1v) is 10.5. The van der Waals surface area contributed by atoms with Crippen LogP contribution in [0.2, 0.25) is 0 Å². The minimum Gasteiger partial charge on any atom is -0.348 e. The van der Waals surface area contributed by atoms with E-state index >= 15 is 0 Å². The minimum absolute atomic E-state index is 0.122. The molecule has 4 rings (SSSR count). The highest BCUT2D eigenvalue weighted by Crippen LogP contribution is 2.32. The molecule has 1 fully saturated rings. The zero-order valence-corrected chi connectivity index (χ0v) is 17.5. The van der Waals surface area contributed by atoms with Gasteiger partial charge in [-0.15, -0.1) is 0 Å². The van der Waals surface area contributed by atoms with Crippen LogP contribution >= 0.6 is 0 Å². The van der Waals surface area contributed by atoms with Crippen LogP contribution in [0.1, 0.15) is 71.0 Å². The van der Waals surface area contributed by atoms with Crippen molar-refractivity contribution in [2.75, 3.05) is 0 Å². The molecule has 0 spiro atoms. The van der Waals surface area contributed by atoms with Gasteiger partial charge in [0.05, 0.1) is 5.56 Å². The molecule has 1 saturated carbocycles. The van der Waals surface area contributed by atoms with E-state index in [2.05, 4.69) is 21.8 Å². The zero-order valence-electron chi connectivity index (χ0n) is 17.5. The fraction of sp³-hybridized carbons (Fsp3) is 0.417. The predicted molar refractivity (Wildman–Crippen MR) is 117 cm³/mol. The molecule has 0 radical (unpaired) electrons. The van der Waals surface area contributed by atoms with E-state index in [4.69, 9.17) is 0 Å². The number of aromatic amines is 1. The van der Waals surface area contributed by atoms with Gasteiger partial charge >= 0.3 is 0 Å². The van der Waals surface area contributed by atoms with Gasteiger partial charge in [0.1, 0.15) is 0 Å². The van der Waals surface area contributed by atoms with Gasteiger partial charge in [0.15, 0.2) is 0 Å². The van der Waals surface area contributed by atoms with Crippen molar-refractivity contribution < 1.29 is 4.79 Å². The molecule has 29 heavy (non-hydrogen) atoms. The molecule has 2 aromatic heterocycles. The smallest absolute Gasteiger partial charge is 0.253 e. The van der Waals surface area contributed by atoms with Gasteiger partial charge in [-0.25, -0.2) is 0 Å². The summed E-state index contributed by atoms with van der Waals surface area (Å²) in [4.78, 5) is 28.2. The molecule has 0 unspecified atom stereocenters. The lowest BCUT2D eigenvalue weighted by Crippen LogP contribution is -2.27. The highest BCUT2D eigenvalue weighted by atomic mass is 16.1. The molecule has 1 aromatic carbocycles. The molecule has 5 nitrogen and oxygen atoms in total. The fourth-order valence-corrected chi connectivity index (χ4v) is 4.67. The maximum Gasteiger partial charge on any atom is 0.253 e. The number of fused-ring (bicyclic) bond motifs is 1. The molecule has 3 aromatic rings. The van der Waals surface area contributed by atoms with Crippen molar-refractivity contribution in [3.63, 3.8) is 0 Å². The Morgan fingerprint density at radius 2 is 1.86 bits per heavy atom. The molecule has 2 heterocycles. The van der Waals surface area contributed by atoms with Crippen molar-refractivity contribution in [1.82, 2.24) is 14.9 Å². The molecule has 2 N–H and O–H groups in total. The number of nitrogens with one attached hydrogen (secondary N) is 2. The van der Waals surface area contributed by atoms with Crippen LogP contribution in [0, 0.1) is 20.8 Å². The van der Waals surface area contributed by atoms with Crippen LogP contribution in [0.4, 0.5) is 0 Å². The topological polar surface area (TPSA) is 66.9 Å². The van der Waals surface area contributed by atoms with Crippen LogP contribution in [-0.4, -0.2) is 15.5 Å². The summed E-state index contributed by atoms with van der Waals surface area (Å²) in [5, 5.41) is 3.91. The third-order valence-corrected chi connectivity index (χ3v) is 6.19. The second-order valence-electron chi connectivity index (χ2n) is 8.34. The molecule has 0 saturated heterocycles. The lowest BCUT2D eigenvalue weighted by atomic mass is 9.95. The minimum atomic E-state index is -0.156. The Balaban J connectivity index is 1.53. The first-order valence-electron chi connectivity index (χ1n) is 10.5. The van der Waals surface area contributed by atoms with Crippen molar-refractivity contribution >= 4 is 16.8 Å². The van der Waals surface area contributed by atoms with E-state index in [1.54, 1.807) is 0 Å². The Hall–Kier alpha value is -2.82. The molecule has 1 aliphatic rings. The van der Waals surface area contributed by atoms with Gasteiger partial charge in [0.2, 0.25) is 0 Å². The SMILES string of the molecule is Cc1ccc2cc(CNC(=O)c3cc(C)n(C4CCCCC4)c3C)c(=O)[nH]c2c1. The van der Waals surface area contributed by atoms with Crippen LogP contribution in [0.5, 0.6) is 0 Å². The summed E-state index contributed by atoms with van der Waals surface area (Å²) in [5.74, 6) is -0.122. The quantitative estimate of drug-likeness (QED) is 0.677. The summed E-state index contributed by atoms with van der Waals surface area (Å²) >= 11 is 0. The number of carbonyl (C=O) groups excluding carboxylic acids is 1. The van der Waals surface area contributed by atoms with E-state index in [9.17, 15) is 9.59 Å². The molecule has 1 aliphatic carbocycles. The third kappa shape index (κ3) is 3.86. The third-order valence-electron chi connectivity index (χ3n) is 6.19. The number of benzene rings is 1. The van der Waals surface area contributed by atoms with E-state index in [0.29, 0.717) is 17.2 Å². The summed E-state index contributed by atoms with van der Waals surface area (Å²) in [7, 11) is 0. The summed E-state index contributed by atoms with van der Waals surface area (Å²) in [6.07, 6.45) is 6.19. The van der Waals surface area contributed by atoms with Crippen molar-refractivity contribution in [2.24, 2.45) is 0 Å². The Morgan fingerprint density at radius 3 is 2.62 bits per heavy atom. The number of amides is 1. The summed E-state index contributed by atoms with van der Waals surface area (Å²) in [6, 6.07) is 10.3. The molecule has 0 atom stereocenters. The lowest BCUT2D eigenvalue weighted by molar-refractivity contribution is 0.0950. The first-order chi connectivity index (χ1) is 13.9. The fourth-order valence-electron chi connectivity index (χ4n) is 4.67. The second kappa shape index (κ2) is 7.90. The second-order valence-corrected chi connectivity index (χ2v) is 8.34. The molecule has 0 bridgehead atoms. The Kier molecular flexibility index (Phi) is 5.31. The summed E-state index contributed by atoms with van der Waals surface area (Å²) in [6.45, 7) is 6.32. The van der Waals surface area contributed by atoms with Crippen LogP contribution in [0.15, 0.2) is 35.1 Å². The molecule has 1 amide bonds. The Morgan fingerprint density at radius 1 is 1.10 bits per heavy atom. The van der Waals surface area contributed by atoms with Crippen molar-refractivity contribution in [3.8, 4) is 0 Å². The highest BCUT2D eigenvalue weighted by Gasteiger charge is 2.22. The van der Waals surface area contributed by atoms with Crippen molar-refractivity contribution in [2.45, 2.75) is 65.5 Å². The van der Waals surface area contributed by atoms with Crippen LogP contribution in [-0.2, 0) is 6.54 Å². The van der Waals surface area contributed by atoms with E-state index in [-0.39, 0.29) is 18.0 Å². The molecular weight excluding hydrogens is 362 g/mol. The number of nitrogens with zero attached hydrogens (tertiary/aromatic N) is 1. The first kappa shape index (κ1) is 19.5. The number of rotatable bonds is 4. The molecular formula is C24H29N3O2. The lowest BCUT2D eigenvalue weighted by Gasteiger charge is -2.26. The number of pyridine rings is 1. The maximum atomic E-state index is 12.9. The molecule has 0 aliphatic heterocycles. The average Bonchev–Trinajstić information content (AvgIpc) is 3.01. The Bertz CT molecular complexity index is 1120. The number of aryl methyl sites for hydroxylation is 2. The van der Waals surface area contributed by atoms with Crippen LogP contribution in [0.3, 0.4) is 0 Å². The van der Waals surface area contributed by atoms with Crippen LogP contribution < -0.4 is 10.9 Å². The zero-order chi connectivity index (χ0) is 20.5. The largest absolute Gasteiger partial charge is 0.348 e. The molecule has 152 valence electrons. The number of carbonyl (C=O) groups is 1. The van der Waals surface area contributed by atoms with Gasteiger partial charge in [0.25, 0.3) is 11.5 Å². The predicted octanol–water partition coefficient (Wildman–Crippen LogP) is 4.69. The van der Waals surface area contributed by atoms with E-state index in [1.165, 1.54) is 32.1 Å². The van der Waals surface area contributed by atoms with Crippen molar-refractivity contribution in [1.29, 1.82) is 0 Å².